The van der Waals surface area contributed by atoms with E-state index in [1.165, 1.54) is 32.4 Å². The van der Waals surface area contributed by atoms with Crippen LogP contribution in [-0.2, 0) is 28.0 Å². The number of methoxy groups -OCH3 is 2. The summed E-state index contributed by atoms with van der Waals surface area (Å²) in [5.74, 6) is 0.836. The van der Waals surface area contributed by atoms with E-state index in [4.69, 9.17) is 14.2 Å². The van der Waals surface area contributed by atoms with Crippen LogP contribution in [0.25, 0.3) is 11.1 Å². The Kier molecular flexibility index (Phi) is 9.33. The van der Waals surface area contributed by atoms with Gasteiger partial charge in [0.25, 0.3) is 0 Å². The lowest BCUT2D eigenvalue weighted by Crippen LogP contribution is -2.10. The zero-order chi connectivity index (χ0) is 25.4. The molecule has 1 fully saturated rings. The molecular weight excluding hydrogens is 463 g/mol. The molecule has 3 aromatic rings. The fraction of sp³-hybridized carbons (Fsp3) is 0.414. The van der Waals surface area contributed by atoms with E-state index >= 15 is 0 Å². The van der Waals surface area contributed by atoms with Crippen molar-refractivity contribution >= 4 is 17.3 Å². The van der Waals surface area contributed by atoms with Gasteiger partial charge in [0, 0.05) is 21.7 Å². The largest absolute Gasteiger partial charge is 0.497 e. The Morgan fingerprint density at radius 1 is 0.971 bits per heavy atom. The predicted molar refractivity (Wildman–Crippen MR) is 140 cm³/mol. The second-order valence-corrected chi connectivity index (χ2v) is 10.8. The topological polar surface area (TPSA) is 44.8 Å². The van der Waals surface area contributed by atoms with Crippen molar-refractivity contribution in [2.45, 2.75) is 64.9 Å². The standard InChI is InChI=1S/C26H29FO4S.C3H6/c1-26(2,3)25-22(21-14-18(29-4)10-11-23(21)27)15-20(32-25)16-31-19-8-6-7-17(13-19)9-12-24(28)30-5;1-2-3-1/h6-8,10-11,13-15H,9,12,16H2,1-5H3;1-3H2. The van der Waals surface area contributed by atoms with Gasteiger partial charge in [-0.2, -0.15) is 0 Å². The Morgan fingerprint density at radius 3 is 2.34 bits per heavy atom. The summed E-state index contributed by atoms with van der Waals surface area (Å²) in [6, 6.07) is 14.5. The van der Waals surface area contributed by atoms with E-state index in [0.29, 0.717) is 30.8 Å². The number of carbonyl (C=O) groups is 1. The monoisotopic (exact) mass is 498 g/mol. The highest BCUT2D eigenvalue weighted by Gasteiger charge is 2.24. The van der Waals surface area contributed by atoms with Crippen molar-refractivity contribution in [1.82, 2.24) is 0 Å². The molecule has 1 aliphatic rings. The van der Waals surface area contributed by atoms with Crippen LogP contribution >= 0.6 is 11.3 Å². The fourth-order valence-electron chi connectivity index (χ4n) is 3.40. The summed E-state index contributed by atoms with van der Waals surface area (Å²) >= 11 is 1.63. The minimum atomic E-state index is -0.278. The van der Waals surface area contributed by atoms with Gasteiger partial charge in [-0.25, -0.2) is 4.39 Å². The Labute approximate surface area is 212 Å². The molecule has 1 aliphatic carbocycles. The number of rotatable bonds is 8. The lowest BCUT2D eigenvalue weighted by Gasteiger charge is -2.19. The maximum Gasteiger partial charge on any atom is 0.305 e. The number of esters is 1. The van der Waals surface area contributed by atoms with E-state index in [1.54, 1.807) is 30.6 Å². The van der Waals surface area contributed by atoms with E-state index < -0.39 is 0 Å². The minimum Gasteiger partial charge on any atom is -0.497 e. The Morgan fingerprint density at radius 2 is 1.71 bits per heavy atom. The first-order valence-electron chi connectivity index (χ1n) is 12.0. The Balaban J connectivity index is 0.00000106. The molecule has 0 amide bonds. The van der Waals surface area contributed by atoms with Crippen molar-refractivity contribution in [3.8, 4) is 22.6 Å². The summed E-state index contributed by atoms with van der Waals surface area (Å²) in [6.45, 7) is 6.74. The molecule has 4 nitrogen and oxygen atoms in total. The first kappa shape index (κ1) is 26.7. The average molecular weight is 499 g/mol. The molecule has 0 atom stereocenters. The second-order valence-electron chi connectivity index (χ2n) is 9.62. The fourth-order valence-corrected chi connectivity index (χ4v) is 4.54. The van der Waals surface area contributed by atoms with Crippen molar-refractivity contribution < 1.29 is 23.4 Å². The number of carbonyl (C=O) groups excluding carboxylic acids is 1. The number of thiophene rings is 1. The van der Waals surface area contributed by atoms with E-state index in [-0.39, 0.29) is 17.2 Å². The summed E-state index contributed by atoms with van der Waals surface area (Å²) < 4.78 is 30.7. The number of hydrogen-bond acceptors (Lipinski definition) is 5. The van der Waals surface area contributed by atoms with Gasteiger partial charge in [0.05, 0.1) is 14.2 Å². The molecule has 1 heterocycles. The lowest BCUT2D eigenvalue weighted by molar-refractivity contribution is -0.140. The number of aryl methyl sites for hydroxylation is 1. The molecule has 1 aromatic heterocycles. The molecule has 188 valence electrons. The SMILES string of the molecule is C1CC1.COC(=O)CCc1cccc(OCc2cc(-c3cc(OC)ccc3F)c(C(C)(C)C)s2)c1. The first-order valence-corrected chi connectivity index (χ1v) is 12.8. The molecule has 35 heavy (non-hydrogen) atoms. The van der Waals surface area contributed by atoms with Gasteiger partial charge in [0.15, 0.2) is 0 Å². The van der Waals surface area contributed by atoms with Crippen LogP contribution in [0.1, 0.15) is 61.8 Å². The third-order valence-corrected chi connectivity index (χ3v) is 6.94. The molecule has 0 spiro atoms. The van der Waals surface area contributed by atoms with Crippen LogP contribution in [0.15, 0.2) is 48.5 Å². The van der Waals surface area contributed by atoms with Crippen LogP contribution in [0.5, 0.6) is 11.5 Å². The van der Waals surface area contributed by atoms with Gasteiger partial charge < -0.3 is 14.2 Å². The Bertz CT molecular complexity index is 1130. The van der Waals surface area contributed by atoms with Gasteiger partial charge in [-0.3, -0.25) is 4.79 Å². The van der Waals surface area contributed by atoms with Crippen LogP contribution < -0.4 is 9.47 Å². The van der Waals surface area contributed by atoms with Gasteiger partial charge in [-0.05, 0) is 59.4 Å². The van der Waals surface area contributed by atoms with E-state index in [1.807, 2.05) is 30.3 Å². The maximum atomic E-state index is 14.7. The molecule has 0 aliphatic heterocycles. The van der Waals surface area contributed by atoms with Crippen LogP contribution in [-0.4, -0.2) is 20.2 Å². The number of benzene rings is 2. The first-order chi connectivity index (χ1) is 16.7. The summed E-state index contributed by atoms with van der Waals surface area (Å²) in [7, 11) is 2.97. The van der Waals surface area contributed by atoms with E-state index in [0.717, 1.165) is 26.6 Å². The van der Waals surface area contributed by atoms with Gasteiger partial charge in [0.2, 0.25) is 0 Å². The zero-order valence-corrected chi connectivity index (χ0v) is 22.1. The third-order valence-electron chi connectivity index (χ3n) is 5.41. The molecule has 0 N–H and O–H groups in total. The van der Waals surface area contributed by atoms with Gasteiger partial charge in [-0.1, -0.05) is 52.2 Å². The quantitative estimate of drug-likeness (QED) is 0.298. The smallest absolute Gasteiger partial charge is 0.305 e. The number of hydrogen-bond donors (Lipinski definition) is 0. The minimum absolute atomic E-state index is 0.151. The molecule has 2 aromatic carbocycles. The molecule has 1 saturated carbocycles. The van der Waals surface area contributed by atoms with Crippen molar-refractivity contribution in [1.29, 1.82) is 0 Å². The van der Waals surface area contributed by atoms with Crippen LogP contribution in [0.2, 0.25) is 0 Å². The van der Waals surface area contributed by atoms with Crippen LogP contribution in [0, 0.1) is 5.82 Å². The summed E-state index contributed by atoms with van der Waals surface area (Å²) in [4.78, 5) is 13.5. The number of halogens is 1. The highest BCUT2D eigenvalue weighted by molar-refractivity contribution is 7.12. The molecule has 0 saturated heterocycles. The van der Waals surface area contributed by atoms with Crippen molar-refractivity contribution in [2.24, 2.45) is 0 Å². The highest BCUT2D eigenvalue weighted by Crippen LogP contribution is 2.41. The molecular formula is C29H35FO4S. The highest BCUT2D eigenvalue weighted by atomic mass is 32.1. The molecule has 6 heteroatoms. The Hall–Kier alpha value is -2.86. The number of ether oxygens (including phenoxy) is 3. The predicted octanol–water partition coefficient (Wildman–Crippen LogP) is 7.72. The summed E-state index contributed by atoms with van der Waals surface area (Å²) in [5.41, 5.74) is 2.25. The lowest BCUT2D eigenvalue weighted by atomic mass is 9.89. The van der Waals surface area contributed by atoms with Crippen molar-refractivity contribution in [3.63, 3.8) is 0 Å². The molecule has 0 radical (unpaired) electrons. The van der Waals surface area contributed by atoms with Crippen LogP contribution in [0.3, 0.4) is 0 Å². The normalized spacial score (nSPS) is 12.4. The zero-order valence-electron chi connectivity index (χ0n) is 21.3. The average Bonchev–Trinajstić information content (AvgIpc) is 3.67. The molecule has 0 bridgehead atoms. The van der Waals surface area contributed by atoms with Crippen molar-refractivity contribution in [3.05, 3.63) is 69.7 Å². The van der Waals surface area contributed by atoms with Crippen LogP contribution in [0.4, 0.5) is 4.39 Å². The van der Waals surface area contributed by atoms with Gasteiger partial charge in [0.1, 0.15) is 23.9 Å². The van der Waals surface area contributed by atoms with E-state index in [9.17, 15) is 9.18 Å². The molecule has 0 unspecified atom stereocenters. The molecule has 4 rings (SSSR count). The third kappa shape index (κ3) is 8.10. The summed E-state index contributed by atoms with van der Waals surface area (Å²) in [5, 5.41) is 0. The second kappa shape index (κ2) is 12.2. The summed E-state index contributed by atoms with van der Waals surface area (Å²) in [6.07, 6.45) is 5.42. The van der Waals surface area contributed by atoms with Gasteiger partial charge in [-0.15, -0.1) is 11.3 Å². The van der Waals surface area contributed by atoms with Crippen molar-refractivity contribution in [2.75, 3.05) is 14.2 Å². The maximum absolute atomic E-state index is 14.7. The van der Waals surface area contributed by atoms with E-state index in [2.05, 4.69) is 20.8 Å². The van der Waals surface area contributed by atoms with Gasteiger partial charge >= 0.3 is 5.97 Å².